The zero-order chi connectivity index (χ0) is 19.6. The van der Waals surface area contributed by atoms with Crippen molar-refractivity contribution in [3.63, 3.8) is 0 Å². The topological polar surface area (TPSA) is 74.4 Å². The maximum Gasteiger partial charge on any atom is 0.356 e. The molecule has 0 saturated carbocycles. The Morgan fingerprint density at radius 2 is 2.22 bits per heavy atom. The van der Waals surface area contributed by atoms with Gasteiger partial charge in [0.15, 0.2) is 0 Å². The van der Waals surface area contributed by atoms with Crippen molar-refractivity contribution in [3.8, 4) is 0 Å². The number of hydrogen-bond donors (Lipinski definition) is 2. The van der Waals surface area contributed by atoms with Crippen LogP contribution in [0.15, 0.2) is 18.2 Å². The third-order valence-corrected chi connectivity index (χ3v) is 5.10. The monoisotopic (exact) mass is 375 g/mol. The fraction of sp³-hybridized carbons (Fsp3) is 0.500. The van der Waals surface area contributed by atoms with Crippen LogP contribution >= 0.6 is 0 Å². The molecule has 0 spiro atoms. The van der Waals surface area contributed by atoms with E-state index in [1.165, 1.54) is 18.6 Å². The lowest BCUT2D eigenvalue weighted by Gasteiger charge is -2.34. The number of carbonyl (C=O) groups is 2. The number of benzene rings is 1. The summed E-state index contributed by atoms with van der Waals surface area (Å²) in [6.07, 6.45) is 2.23. The lowest BCUT2D eigenvalue weighted by Crippen LogP contribution is -2.46. The van der Waals surface area contributed by atoms with Gasteiger partial charge in [0.05, 0.1) is 18.3 Å². The number of H-pyrrole nitrogens is 1. The van der Waals surface area contributed by atoms with Crippen LogP contribution in [0, 0.1) is 11.7 Å². The number of fused-ring (bicyclic) bond motifs is 1. The van der Waals surface area contributed by atoms with Crippen molar-refractivity contribution < 1.29 is 18.7 Å². The molecule has 1 aromatic heterocycles. The molecule has 0 aliphatic carbocycles. The van der Waals surface area contributed by atoms with Crippen molar-refractivity contribution in [1.82, 2.24) is 9.88 Å². The molecule has 0 radical (unpaired) electrons. The fourth-order valence-electron chi connectivity index (χ4n) is 3.62. The zero-order valence-corrected chi connectivity index (χ0v) is 16.0. The Bertz CT molecular complexity index is 848. The van der Waals surface area contributed by atoms with Crippen LogP contribution in [0.1, 0.15) is 44.1 Å². The molecule has 3 rings (SSSR count). The van der Waals surface area contributed by atoms with Gasteiger partial charge in [-0.3, -0.25) is 9.69 Å². The van der Waals surface area contributed by atoms with E-state index >= 15 is 0 Å². The van der Waals surface area contributed by atoms with Crippen molar-refractivity contribution in [1.29, 1.82) is 0 Å². The Morgan fingerprint density at radius 1 is 1.44 bits per heavy atom. The number of ether oxygens (including phenoxy) is 1. The molecule has 1 amide bonds. The van der Waals surface area contributed by atoms with Crippen molar-refractivity contribution in [2.45, 2.75) is 39.7 Å². The highest BCUT2D eigenvalue weighted by molar-refractivity contribution is 6.11. The number of nitrogens with one attached hydrogen (secondary N) is 2. The lowest BCUT2D eigenvalue weighted by molar-refractivity contribution is -0.121. The highest BCUT2D eigenvalue weighted by atomic mass is 19.1. The second kappa shape index (κ2) is 8.08. The summed E-state index contributed by atoms with van der Waals surface area (Å²) in [4.78, 5) is 30.3. The van der Waals surface area contributed by atoms with Crippen LogP contribution in [0.5, 0.6) is 0 Å². The Kier molecular flexibility index (Phi) is 5.79. The summed E-state index contributed by atoms with van der Waals surface area (Å²) >= 11 is 0. The molecule has 0 unspecified atom stereocenters. The van der Waals surface area contributed by atoms with E-state index in [0.29, 0.717) is 16.8 Å². The van der Waals surface area contributed by atoms with Gasteiger partial charge in [0.1, 0.15) is 11.5 Å². The fourth-order valence-corrected chi connectivity index (χ4v) is 3.62. The van der Waals surface area contributed by atoms with Crippen molar-refractivity contribution in [2.24, 2.45) is 5.92 Å². The molecular weight excluding hydrogens is 349 g/mol. The van der Waals surface area contributed by atoms with Crippen molar-refractivity contribution >= 4 is 28.5 Å². The molecule has 2 N–H and O–H groups in total. The second-order valence-electron chi connectivity index (χ2n) is 7.19. The molecule has 1 fully saturated rings. The number of carbonyl (C=O) groups excluding carboxylic acids is 2. The summed E-state index contributed by atoms with van der Waals surface area (Å²) in [7, 11) is 0. The number of hydrogen-bond acceptors (Lipinski definition) is 4. The Hall–Kier alpha value is -2.41. The number of halogens is 1. The first-order valence-electron chi connectivity index (χ1n) is 9.44. The number of aromatic amines is 1. The highest BCUT2D eigenvalue weighted by Crippen LogP contribution is 2.30. The largest absolute Gasteiger partial charge is 0.461 e. The summed E-state index contributed by atoms with van der Waals surface area (Å²) in [6.45, 7) is 7.68. The molecule has 146 valence electrons. The number of anilines is 1. The molecule has 1 aliphatic heterocycles. The molecule has 27 heavy (non-hydrogen) atoms. The number of aromatic nitrogens is 1. The van der Waals surface area contributed by atoms with Crippen molar-refractivity contribution in [2.75, 3.05) is 25.0 Å². The maximum atomic E-state index is 13.8. The number of esters is 1. The molecule has 2 atom stereocenters. The number of rotatable bonds is 5. The predicted octanol–water partition coefficient (Wildman–Crippen LogP) is 3.54. The molecule has 1 aromatic carbocycles. The van der Waals surface area contributed by atoms with E-state index in [1.807, 2.05) is 6.92 Å². The maximum absolute atomic E-state index is 13.8. The minimum Gasteiger partial charge on any atom is -0.461 e. The normalized spacial score (nSPS) is 19.0. The van der Waals surface area contributed by atoms with E-state index < -0.39 is 11.8 Å². The second-order valence-corrected chi connectivity index (χ2v) is 7.19. The van der Waals surface area contributed by atoms with Gasteiger partial charge in [-0.05, 0) is 57.4 Å². The van der Waals surface area contributed by atoms with Crippen LogP contribution in [-0.4, -0.2) is 47.5 Å². The van der Waals surface area contributed by atoms with Crippen LogP contribution in [0.2, 0.25) is 0 Å². The standard InChI is InChI=1S/C20H26FN3O3/c1-4-27-20(26)18-17(15-10-14(21)7-8-16(15)22-18)23-19(25)13(3)24-9-5-6-12(2)11-24/h7-8,10,12-13,22H,4-6,9,11H2,1-3H3,(H,23,25)/t12-,13-/m0/s1. The van der Waals surface area contributed by atoms with E-state index in [1.54, 1.807) is 13.0 Å². The average Bonchev–Trinajstić information content (AvgIpc) is 2.99. The van der Waals surface area contributed by atoms with Crippen molar-refractivity contribution in [3.05, 3.63) is 29.7 Å². The molecular formula is C20H26FN3O3. The van der Waals surface area contributed by atoms with E-state index in [2.05, 4.69) is 22.1 Å². The zero-order valence-electron chi connectivity index (χ0n) is 16.0. The number of amides is 1. The minimum atomic E-state index is -0.580. The van der Waals surface area contributed by atoms with E-state index in [9.17, 15) is 14.0 Å². The molecule has 6 nitrogen and oxygen atoms in total. The minimum absolute atomic E-state index is 0.130. The number of nitrogens with zero attached hydrogens (tertiary/aromatic N) is 1. The van der Waals surface area contributed by atoms with Crippen LogP contribution < -0.4 is 5.32 Å². The van der Waals surface area contributed by atoms with Gasteiger partial charge in [-0.1, -0.05) is 6.92 Å². The molecule has 0 bridgehead atoms. The van der Waals surface area contributed by atoms with Gasteiger partial charge in [0, 0.05) is 17.4 Å². The summed E-state index contributed by atoms with van der Waals surface area (Å²) in [5.41, 5.74) is 0.962. The third-order valence-electron chi connectivity index (χ3n) is 5.10. The van der Waals surface area contributed by atoms with Crippen LogP contribution in [0.3, 0.4) is 0 Å². The van der Waals surface area contributed by atoms with Gasteiger partial charge in [0.2, 0.25) is 5.91 Å². The van der Waals surface area contributed by atoms with Gasteiger partial charge in [-0.15, -0.1) is 0 Å². The molecule has 2 heterocycles. The van der Waals surface area contributed by atoms with Gasteiger partial charge in [-0.2, -0.15) is 0 Å². The average molecular weight is 375 g/mol. The molecule has 1 saturated heterocycles. The van der Waals surface area contributed by atoms with Crippen LogP contribution in [0.4, 0.5) is 10.1 Å². The van der Waals surface area contributed by atoms with Gasteiger partial charge in [-0.25, -0.2) is 9.18 Å². The number of likely N-dealkylation sites (tertiary alicyclic amines) is 1. The summed E-state index contributed by atoms with van der Waals surface area (Å²) in [5.74, 6) is -0.694. The first-order valence-corrected chi connectivity index (χ1v) is 9.44. The SMILES string of the molecule is CCOC(=O)c1[nH]c2ccc(F)cc2c1NC(=O)[C@H](C)N1CCC[C@H](C)C1. The first-order chi connectivity index (χ1) is 12.9. The predicted molar refractivity (Wildman–Crippen MR) is 102 cm³/mol. The lowest BCUT2D eigenvalue weighted by atomic mass is 9.99. The van der Waals surface area contributed by atoms with E-state index in [4.69, 9.17) is 4.74 Å². The molecule has 1 aliphatic rings. The number of piperidine rings is 1. The summed E-state index contributed by atoms with van der Waals surface area (Å²) in [6, 6.07) is 3.80. The Balaban J connectivity index is 1.90. The highest BCUT2D eigenvalue weighted by Gasteiger charge is 2.28. The molecule has 7 heteroatoms. The van der Waals surface area contributed by atoms with E-state index in [-0.39, 0.29) is 29.9 Å². The summed E-state index contributed by atoms with van der Waals surface area (Å²) in [5, 5.41) is 3.28. The van der Waals surface area contributed by atoms with E-state index in [0.717, 1.165) is 19.5 Å². The van der Waals surface area contributed by atoms with Gasteiger partial charge in [0.25, 0.3) is 0 Å². The first kappa shape index (κ1) is 19.4. The quantitative estimate of drug-likeness (QED) is 0.784. The smallest absolute Gasteiger partial charge is 0.356 e. The molecule has 2 aromatic rings. The van der Waals surface area contributed by atoms with Crippen LogP contribution in [-0.2, 0) is 9.53 Å². The van der Waals surface area contributed by atoms with Gasteiger partial charge < -0.3 is 15.0 Å². The Morgan fingerprint density at radius 3 is 2.93 bits per heavy atom. The van der Waals surface area contributed by atoms with Crippen LogP contribution in [0.25, 0.3) is 10.9 Å². The third kappa shape index (κ3) is 4.13. The Labute approximate surface area is 158 Å². The summed E-state index contributed by atoms with van der Waals surface area (Å²) < 4.78 is 18.8. The van der Waals surface area contributed by atoms with Gasteiger partial charge >= 0.3 is 5.97 Å².